The van der Waals surface area contributed by atoms with Crippen molar-refractivity contribution in [3.8, 4) is 23.8 Å². The SMILES string of the molecule is C#CCN(Cc1ccco1)C(=O)c1cc(COc2ccc(OC)c3ccccc23)on1. The number of furan rings is 1. The second-order valence-electron chi connectivity index (χ2n) is 6.72. The lowest BCUT2D eigenvalue weighted by Gasteiger charge is -2.17. The van der Waals surface area contributed by atoms with Crippen LogP contribution in [0.4, 0.5) is 0 Å². The Hall–Kier alpha value is -4.18. The molecule has 0 aliphatic heterocycles. The van der Waals surface area contributed by atoms with Gasteiger partial charge in [0.05, 0.1) is 26.5 Å². The standard InChI is InChI=1S/C24H20N2O5/c1-3-12-26(15-17-7-6-13-29-17)24(27)21-14-18(31-25-21)16-30-23-11-10-22(28-2)19-8-4-5-9-20(19)23/h1,4-11,13-14H,12,15-16H2,2H3. The Morgan fingerprint density at radius 2 is 1.87 bits per heavy atom. The molecule has 31 heavy (non-hydrogen) atoms. The number of hydrogen-bond donors (Lipinski definition) is 0. The number of terminal acetylenes is 1. The van der Waals surface area contributed by atoms with E-state index in [2.05, 4.69) is 11.1 Å². The summed E-state index contributed by atoms with van der Waals surface area (Å²) < 4.78 is 21.9. The quantitative estimate of drug-likeness (QED) is 0.399. The molecule has 0 atom stereocenters. The third kappa shape index (κ3) is 4.38. The molecule has 0 aliphatic carbocycles. The molecule has 2 aromatic carbocycles. The van der Waals surface area contributed by atoms with Crippen molar-refractivity contribution < 1.29 is 23.2 Å². The van der Waals surface area contributed by atoms with Gasteiger partial charge in [0.2, 0.25) is 0 Å². The minimum absolute atomic E-state index is 0.115. The number of nitrogens with zero attached hydrogens (tertiary/aromatic N) is 2. The number of aromatic nitrogens is 1. The van der Waals surface area contributed by atoms with E-state index in [1.54, 1.807) is 31.6 Å². The highest BCUT2D eigenvalue weighted by atomic mass is 16.5. The molecule has 2 aromatic heterocycles. The molecule has 0 aliphatic rings. The van der Waals surface area contributed by atoms with Gasteiger partial charge in [0.25, 0.3) is 5.91 Å². The van der Waals surface area contributed by atoms with Crippen LogP contribution in [-0.2, 0) is 13.2 Å². The Morgan fingerprint density at radius 3 is 2.58 bits per heavy atom. The summed E-state index contributed by atoms with van der Waals surface area (Å²) in [7, 11) is 1.63. The number of hydrogen-bond acceptors (Lipinski definition) is 6. The number of methoxy groups -OCH3 is 1. The lowest BCUT2D eigenvalue weighted by Crippen LogP contribution is -2.31. The first kappa shape index (κ1) is 20.1. The zero-order chi connectivity index (χ0) is 21.6. The molecule has 0 unspecified atom stereocenters. The van der Waals surface area contributed by atoms with Gasteiger partial charge in [-0.15, -0.1) is 6.42 Å². The number of rotatable bonds is 8. The van der Waals surface area contributed by atoms with Crippen LogP contribution in [0.15, 0.2) is 69.8 Å². The van der Waals surface area contributed by atoms with Crippen LogP contribution in [0.5, 0.6) is 11.5 Å². The molecule has 7 nitrogen and oxygen atoms in total. The van der Waals surface area contributed by atoms with Crippen LogP contribution in [0.2, 0.25) is 0 Å². The van der Waals surface area contributed by atoms with Gasteiger partial charge >= 0.3 is 0 Å². The predicted molar refractivity (Wildman–Crippen MR) is 114 cm³/mol. The molecule has 4 rings (SSSR count). The fourth-order valence-corrected chi connectivity index (χ4v) is 3.24. The van der Waals surface area contributed by atoms with E-state index in [9.17, 15) is 4.79 Å². The zero-order valence-corrected chi connectivity index (χ0v) is 16.9. The summed E-state index contributed by atoms with van der Waals surface area (Å²) in [6, 6.07) is 16.5. The van der Waals surface area contributed by atoms with E-state index in [4.69, 9.17) is 24.8 Å². The summed E-state index contributed by atoms with van der Waals surface area (Å²) >= 11 is 0. The first-order valence-corrected chi connectivity index (χ1v) is 9.59. The maximum absolute atomic E-state index is 12.8. The molecule has 2 heterocycles. The summed E-state index contributed by atoms with van der Waals surface area (Å²) in [6.45, 7) is 0.479. The van der Waals surface area contributed by atoms with Crippen LogP contribution in [-0.4, -0.2) is 29.6 Å². The predicted octanol–water partition coefficient (Wildman–Crippen LogP) is 4.28. The Kier molecular flexibility index (Phi) is 5.90. The average molecular weight is 416 g/mol. The van der Waals surface area contributed by atoms with Crippen molar-refractivity contribution >= 4 is 16.7 Å². The third-order valence-corrected chi connectivity index (χ3v) is 4.71. The highest BCUT2D eigenvalue weighted by Gasteiger charge is 2.21. The molecule has 4 aromatic rings. The van der Waals surface area contributed by atoms with Gasteiger partial charge in [0.15, 0.2) is 11.5 Å². The monoisotopic (exact) mass is 416 g/mol. The smallest absolute Gasteiger partial charge is 0.277 e. The van der Waals surface area contributed by atoms with Crippen molar-refractivity contribution in [1.29, 1.82) is 0 Å². The van der Waals surface area contributed by atoms with Crippen LogP contribution in [0.1, 0.15) is 22.0 Å². The van der Waals surface area contributed by atoms with Crippen molar-refractivity contribution in [2.75, 3.05) is 13.7 Å². The van der Waals surface area contributed by atoms with Gasteiger partial charge in [0.1, 0.15) is 23.9 Å². The van der Waals surface area contributed by atoms with E-state index in [1.807, 2.05) is 36.4 Å². The van der Waals surface area contributed by atoms with Gasteiger partial charge < -0.3 is 23.3 Å². The van der Waals surface area contributed by atoms with Gasteiger partial charge in [-0.1, -0.05) is 35.3 Å². The van der Waals surface area contributed by atoms with Crippen LogP contribution in [0.3, 0.4) is 0 Å². The number of amides is 1. The summed E-state index contributed by atoms with van der Waals surface area (Å²) in [5, 5.41) is 5.74. The molecule has 156 valence electrons. The van der Waals surface area contributed by atoms with E-state index in [0.717, 1.165) is 16.5 Å². The number of carbonyl (C=O) groups excluding carboxylic acids is 1. The minimum Gasteiger partial charge on any atom is -0.496 e. The molecular formula is C24H20N2O5. The molecule has 0 bridgehead atoms. The van der Waals surface area contributed by atoms with Crippen molar-refractivity contribution in [3.05, 3.63) is 78.1 Å². The number of ether oxygens (including phenoxy) is 2. The Labute approximate surface area is 179 Å². The molecule has 0 saturated heterocycles. The van der Waals surface area contributed by atoms with Gasteiger partial charge in [0, 0.05) is 16.8 Å². The molecule has 0 radical (unpaired) electrons. The van der Waals surface area contributed by atoms with E-state index in [0.29, 0.717) is 17.3 Å². The highest BCUT2D eigenvalue weighted by molar-refractivity contribution is 5.93. The van der Waals surface area contributed by atoms with Crippen LogP contribution in [0, 0.1) is 12.3 Å². The Bertz CT molecular complexity index is 1220. The van der Waals surface area contributed by atoms with Gasteiger partial charge in [-0.25, -0.2) is 0 Å². The van der Waals surface area contributed by atoms with E-state index in [-0.39, 0.29) is 31.3 Å². The first-order valence-electron chi connectivity index (χ1n) is 9.59. The van der Waals surface area contributed by atoms with Crippen LogP contribution in [0.25, 0.3) is 10.8 Å². The van der Waals surface area contributed by atoms with Crippen molar-refractivity contribution in [1.82, 2.24) is 10.1 Å². The third-order valence-electron chi connectivity index (χ3n) is 4.71. The second-order valence-corrected chi connectivity index (χ2v) is 6.72. The molecule has 0 fully saturated rings. The lowest BCUT2D eigenvalue weighted by molar-refractivity contribution is 0.0744. The fourth-order valence-electron chi connectivity index (χ4n) is 3.24. The Balaban J connectivity index is 1.47. The zero-order valence-electron chi connectivity index (χ0n) is 16.9. The summed E-state index contributed by atoms with van der Waals surface area (Å²) in [4.78, 5) is 14.3. The van der Waals surface area contributed by atoms with E-state index >= 15 is 0 Å². The molecule has 0 saturated carbocycles. The second kappa shape index (κ2) is 9.09. The van der Waals surface area contributed by atoms with Gasteiger partial charge in [-0.05, 0) is 24.3 Å². The minimum atomic E-state index is -0.348. The maximum Gasteiger partial charge on any atom is 0.277 e. The molecule has 0 spiro atoms. The topological polar surface area (TPSA) is 77.9 Å². The first-order chi connectivity index (χ1) is 15.2. The van der Waals surface area contributed by atoms with Crippen LogP contribution < -0.4 is 9.47 Å². The summed E-state index contributed by atoms with van der Waals surface area (Å²) in [6.07, 6.45) is 6.95. The molecule has 0 N–H and O–H groups in total. The highest BCUT2D eigenvalue weighted by Crippen LogP contribution is 2.33. The number of benzene rings is 2. The Morgan fingerprint density at radius 1 is 1.10 bits per heavy atom. The van der Waals surface area contributed by atoms with Gasteiger partial charge in [-0.3, -0.25) is 4.79 Å². The maximum atomic E-state index is 12.8. The van der Waals surface area contributed by atoms with Gasteiger partial charge in [-0.2, -0.15) is 0 Å². The van der Waals surface area contributed by atoms with E-state index in [1.165, 1.54) is 4.90 Å². The normalized spacial score (nSPS) is 10.6. The van der Waals surface area contributed by atoms with Crippen molar-refractivity contribution in [2.45, 2.75) is 13.2 Å². The summed E-state index contributed by atoms with van der Waals surface area (Å²) in [5.41, 5.74) is 0.153. The van der Waals surface area contributed by atoms with Crippen molar-refractivity contribution in [3.63, 3.8) is 0 Å². The fraction of sp³-hybridized carbons (Fsp3) is 0.167. The molecule has 1 amide bonds. The number of fused-ring (bicyclic) bond motifs is 1. The lowest BCUT2D eigenvalue weighted by atomic mass is 10.1. The van der Waals surface area contributed by atoms with Crippen molar-refractivity contribution in [2.24, 2.45) is 0 Å². The molecular weight excluding hydrogens is 396 g/mol. The van der Waals surface area contributed by atoms with Crippen LogP contribution >= 0.6 is 0 Å². The van der Waals surface area contributed by atoms with E-state index < -0.39 is 0 Å². The summed E-state index contributed by atoms with van der Waals surface area (Å²) in [5.74, 6) is 4.62. The molecule has 7 heteroatoms. The largest absolute Gasteiger partial charge is 0.496 e. The number of carbonyl (C=O) groups is 1. The average Bonchev–Trinajstić information content (AvgIpc) is 3.49.